The second kappa shape index (κ2) is 7.90. The van der Waals surface area contributed by atoms with Crippen LogP contribution in [0, 0.1) is 5.92 Å². The number of aliphatic hydroxyl groups is 1. The minimum absolute atomic E-state index is 0.0635. The van der Waals surface area contributed by atoms with Gasteiger partial charge in [-0.25, -0.2) is 8.42 Å². The highest BCUT2D eigenvalue weighted by Crippen LogP contribution is 2.34. The van der Waals surface area contributed by atoms with Gasteiger partial charge in [0, 0.05) is 48.7 Å². The van der Waals surface area contributed by atoms with Crippen LogP contribution in [-0.2, 0) is 14.8 Å². The van der Waals surface area contributed by atoms with Gasteiger partial charge in [-0.05, 0) is 18.9 Å². The summed E-state index contributed by atoms with van der Waals surface area (Å²) in [5.41, 5.74) is 6.24. The number of fused-ring (bicyclic) bond motifs is 1. The molecule has 0 aliphatic carbocycles. The molecule has 3 heterocycles. The van der Waals surface area contributed by atoms with Gasteiger partial charge < -0.3 is 10.8 Å². The van der Waals surface area contributed by atoms with Crippen molar-refractivity contribution in [1.29, 1.82) is 0 Å². The van der Waals surface area contributed by atoms with Gasteiger partial charge in [-0.15, -0.1) is 0 Å². The monoisotopic (exact) mass is 438 g/mol. The fraction of sp³-hybridized carbons (Fsp3) is 0.474. The van der Waals surface area contributed by atoms with Crippen molar-refractivity contribution in [3.8, 4) is 0 Å². The normalized spacial score (nSPS) is 26.4. The van der Waals surface area contributed by atoms with Crippen LogP contribution in [0.15, 0.2) is 35.5 Å². The second-order valence-corrected chi connectivity index (χ2v) is 9.89. The van der Waals surface area contributed by atoms with Crippen molar-refractivity contribution in [3.63, 3.8) is 0 Å². The van der Waals surface area contributed by atoms with Gasteiger partial charge in [0.1, 0.15) is 0 Å². The van der Waals surface area contributed by atoms with Crippen LogP contribution in [0.4, 0.5) is 0 Å². The second-order valence-electron chi connectivity index (χ2n) is 7.62. The Bertz CT molecular complexity index is 1040. The number of Topliss-reactive ketones (excluding diaryl/α,β-unsaturated/α-hetero) is 1. The number of carbonyl (C=O) groups excluding carboxylic acids is 1. The Morgan fingerprint density at radius 2 is 2.07 bits per heavy atom. The van der Waals surface area contributed by atoms with Gasteiger partial charge >= 0.3 is 0 Å². The Hall–Kier alpha value is -1.62. The number of carbonyl (C=O) groups is 1. The molecule has 3 atom stereocenters. The van der Waals surface area contributed by atoms with E-state index >= 15 is 0 Å². The quantitative estimate of drug-likeness (QED) is 0.709. The van der Waals surface area contributed by atoms with Crippen LogP contribution in [0.25, 0.3) is 10.8 Å². The third-order valence-electron chi connectivity index (χ3n) is 5.73. The average Bonchev–Trinajstić information content (AvgIpc) is 3.27. The van der Waals surface area contributed by atoms with E-state index in [0.717, 1.165) is 0 Å². The topological polar surface area (TPSA) is 117 Å². The highest BCUT2D eigenvalue weighted by atomic mass is 35.5. The van der Waals surface area contributed by atoms with Crippen LogP contribution in [0.1, 0.15) is 12.8 Å². The lowest BCUT2D eigenvalue weighted by atomic mass is 10.0. The van der Waals surface area contributed by atoms with E-state index in [1.165, 1.54) is 16.6 Å². The summed E-state index contributed by atoms with van der Waals surface area (Å²) in [6, 6.07) is 4.88. The maximum Gasteiger partial charge on any atom is 0.245 e. The average molecular weight is 439 g/mol. The van der Waals surface area contributed by atoms with Crippen LogP contribution < -0.4 is 5.73 Å². The number of pyridine rings is 1. The molecule has 2 saturated heterocycles. The molecule has 0 bridgehead atoms. The zero-order valence-corrected chi connectivity index (χ0v) is 17.3. The number of likely N-dealkylation sites (tertiary alicyclic amines) is 1. The lowest BCUT2D eigenvalue weighted by Gasteiger charge is -2.25. The summed E-state index contributed by atoms with van der Waals surface area (Å²) in [4.78, 5) is 18.7. The zero-order valence-electron chi connectivity index (χ0n) is 15.7. The van der Waals surface area contributed by atoms with Gasteiger partial charge in [-0.1, -0.05) is 23.7 Å². The number of nitrogens with two attached hydrogens (primary N) is 1. The number of aromatic nitrogens is 1. The molecule has 3 N–H and O–H groups in total. The highest BCUT2D eigenvalue weighted by molar-refractivity contribution is 7.89. The first-order chi connectivity index (χ1) is 13.8. The van der Waals surface area contributed by atoms with E-state index in [1.807, 2.05) is 4.90 Å². The van der Waals surface area contributed by atoms with E-state index < -0.39 is 28.2 Å². The van der Waals surface area contributed by atoms with Gasteiger partial charge in [-0.3, -0.25) is 14.7 Å². The SMILES string of the molecule is N[C@H]1C(C(=O)CN2CCC(O)C2)CCN1S(=O)(=O)c1cccc2cncc(Cl)c12. The van der Waals surface area contributed by atoms with E-state index in [0.29, 0.717) is 36.7 Å². The molecule has 4 rings (SSSR count). The third-order valence-corrected chi connectivity index (χ3v) is 7.96. The number of hydrogen-bond donors (Lipinski definition) is 2. The van der Waals surface area contributed by atoms with E-state index in [4.69, 9.17) is 17.3 Å². The maximum atomic E-state index is 13.4. The van der Waals surface area contributed by atoms with Crippen molar-refractivity contribution in [1.82, 2.24) is 14.2 Å². The Labute approximate surface area is 174 Å². The smallest absolute Gasteiger partial charge is 0.245 e. The molecule has 2 unspecified atom stereocenters. The first-order valence-electron chi connectivity index (χ1n) is 9.52. The van der Waals surface area contributed by atoms with Crippen LogP contribution in [0.3, 0.4) is 0 Å². The van der Waals surface area contributed by atoms with Gasteiger partial charge in [0.15, 0.2) is 5.78 Å². The highest BCUT2D eigenvalue weighted by Gasteiger charge is 2.43. The number of benzene rings is 1. The van der Waals surface area contributed by atoms with Crippen molar-refractivity contribution < 1.29 is 18.3 Å². The van der Waals surface area contributed by atoms with Crippen LogP contribution in [-0.4, -0.2) is 71.9 Å². The predicted octanol–water partition coefficient (Wildman–Crippen LogP) is 0.819. The predicted molar refractivity (Wildman–Crippen MR) is 109 cm³/mol. The number of ketones is 1. The number of aliphatic hydroxyl groups excluding tert-OH is 1. The Morgan fingerprint density at radius 1 is 1.28 bits per heavy atom. The molecule has 10 heteroatoms. The van der Waals surface area contributed by atoms with Crippen molar-refractivity contribution in [3.05, 3.63) is 35.6 Å². The first kappa shape index (κ1) is 20.6. The van der Waals surface area contributed by atoms with Crippen LogP contribution >= 0.6 is 11.6 Å². The van der Waals surface area contributed by atoms with Crippen LogP contribution in [0.2, 0.25) is 5.02 Å². The van der Waals surface area contributed by atoms with Gasteiger partial charge in [0.2, 0.25) is 10.0 Å². The first-order valence-corrected chi connectivity index (χ1v) is 11.3. The molecule has 0 amide bonds. The Balaban J connectivity index is 1.58. The summed E-state index contributed by atoms with van der Waals surface area (Å²) < 4.78 is 28.0. The lowest BCUT2D eigenvalue weighted by molar-refractivity contribution is -0.124. The van der Waals surface area contributed by atoms with E-state index in [1.54, 1.807) is 18.3 Å². The van der Waals surface area contributed by atoms with Gasteiger partial charge in [-0.2, -0.15) is 4.31 Å². The molecule has 1 aromatic carbocycles. The number of sulfonamides is 1. The summed E-state index contributed by atoms with van der Waals surface area (Å²) in [5.74, 6) is -0.668. The molecule has 0 radical (unpaired) electrons. The maximum absolute atomic E-state index is 13.4. The molecule has 0 saturated carbocycles. The van der Waals surface area contributed by atoms with Crippen molar-refractivity contribution in [2.45, 2.75) is 30.0 Å². The van der Waals surface area contributed by atoms with E-state index in [9.17, 15) is 18.3 Å². The molecule has 2 fully saturated rings. The van der Waals surface area contributed by atoms with Gasteiger partial charge in [0.05, 0.1) is 28.7 Å². The van der Waals surface area contributed by atoms with Crippen molar-refractivity contribution >= 4 is 38.2 Å². The molecule has 156 valence electrons. The van der Waals surface area contributed by atoms with Crippen LogP contribution in [0.5, 0.6) is 0 Å². The molecule has 1 aromatic heterocycles. The molecule has 2 aromatic rings. The minimum atomic E-state index is -3.95. The van der Waals surface area contributed by atoms with Gasteiger partial charge in [0.25, 0.3) is 0 Å². The Kier molecular flexibility index (Phi) is 5.62. The molecule has 2 aliphatic rings. The van der Waals surface area contributed by atoms with E-state index in [-0.39, 0.29) is 28.8 Å². The lowest BCUT2D eigenvalue weighted by Crippen LogP contribution is -2.47. The summed E-state index contributed by atoms with van der Waals surface area (Å²) in [6.07, 6.45) is 2.62. The zero-order chi connectivity index (χ0) is 20.8. The minimum Gasteiger partial charge on any atom is -0.392 e. The number of β-amino-alcohol motifs (C(OH)–C–C–N with tert-alkyl or cyclic N) is 1. The Morgan fingerprint density at radius 3 is 2.79 bits per heavy atom. The summed E-state index contributed by atoms with van der Waals surface area (Å²) in [7, 11) is -3.95. The van der Waals surface area contributed by atoms with E-state index in [2.05, 4.69) is 4.98 Å². The number of nitrogens with zero attached hydrogens (tertiary/aromatic N) is 3. The number of rotatable bonds is 5. The molecular formula is C19H23ClN4O4S. The number of halogens is 1. The van der Waals surface area contributed by atoms with Crippen molar-refractivity contribution in [2.75, 3.05) is 26.2 Å². The third kappa shape index (κ3) is 3.78. The molecular weight excluding hydrogens is 416 g/mol. The summed E-state index contributed by atoms with van der Waals surface area (Å²) in [6.45, 7) is 1.45. The van der Waals surface area contributed by atoms with Crippen molar-refractivity contribution in [2.24, 2.45) is 11.7 Å². The summed E-state index contributed by atoms with van der Waals surface area (Å²) >= 11 is 6.24. The molecule has 0 spiro atoms. The standard InChI is InChI=1S/C19H23ClN4O4S/c20-15-9-22-8-12-2-1-3-17(18(12)15)29(27,28)24-7-5-14(19(24)21)16(26)11-23-6-4-13(25)10-23/h1-3,8-9,13-14,19,25H,4-7,10-11,21H2/t13?,14?,19-/m1/s1. The fourth-order valence-electron chi connectivity index (χ4n) is 4.21. The molecule has 2 aliphatic heterocycles. The largest absolute Gasteiger partial charge is 0.392 e. The fourth-order valence-corrected chi connectivity index (χ4v) is 6.34. The summed E-state index contributed by atoms with van der Waals surface area (Å²) in [5, 5.41) is 10.9. The number of hydrogen-bond acceptors (Lipinski definition) is 7. The molecule has 8 nitrogen and oxygen atoms in total. The molecule has 29 heavy (non-hydrogen) atoms.